The highest BCUT2D eigenvalue weighted by Gasteiger charge is 2.32. The van der Waals surface area contributed by atoms with Crippen molar-refractivity contribution in [3.63, 3.8) is 0 Å². The lowest BCUT2D eigenvalue weighted by Gasteiger charge is -2.22. The Balaban J connectivity index is 1.40. The van der Waals surface area contributed by atoms with Crippen LogP contribution in [-0.2, 0) is 12.8 Å². The first-order valence-electron chi connectivity index (χ1n) is 13.7. The summed E-state index contributed by atoms with van der Waals surface area (Å²) in [6, 6.07) is 10.8. The molecular weight excluding hydrogens is 472 g/mol. The van der Waals surface area contributed by atoms with Crippen LogP contribution >= 0.6 is 0 Å². The quantitative estimate of drug-likeness (QED) is 0.165. The lowest BCUT2D eigenvalue weighted by molar-refractivity contribution is 0.428. The molecule has 0 radical (unpaired) electrons. The Morgan fingerprint density at radius 3 is 2.08 bits per heavy atom. The van der Waals surface area contributed by atoms with E-state index in [4.69, 9.17) is 0 Å². The van der Waals surface area contributed by atoms with E-state index < -0.39 is 23.3 Å². The van der Waals surface area contributed by atoms with Crippen LogP contribution in [0.2, 0.25) is 0 Å². The van der Waals surface area contributed by atoms with E-state index in [1.807, 2.05) is 31.2 Å². The van der Waals surface area contributed by atoms with Gasteiger partial charge in [0.15, 0.2) is 23.3 Å². The van der Waals surface area contributed by atoms with Crippen LogP contribution in [0.3, 0.4) is 0 Å². The van der Waals surface area contributed by atoms with Crippen LogP contribution in [0.15, 0.2) is 42.5 Å². The average Bonchev–Trinajstić information content (AvgIpc) is 3.28. The third-order valence-corrected chi connectivity index (χ3v) is 8.10. The molecule has 1 unspecified atom stereocenters. The Morgan fingerprint density at radius 2 is 1.43 bits per heavy atom. The summed E-state index contributed by atoms with van der Waals surface area (Å²) in [5.41, 5.74) is 4.17. The number of halogens is 4. The van der Waals surface area contributed by atoms with E-state index in [2.05, 4.69) is 13.0 Å². The lowest BCUT2D eigenvalue weighted by Crippen LogP contribution is -2.05. The molecule has 0 amide bonds. The lowest BCUT2D eigenvalue weighted by atomic mass is 9.83. The molecule has 2 aliphatic carbocycles. The highest BCUT2D eigenvalue weighted by Crippen LogP contribution is 2.45. The fraction of sp³-hybridized carbons (Fsp3) is 0.394. The van der Waals surface area contributed by atoms with E-state index in [9.17, 15) is 8.78 Å². The van der Waals surface area contributed by atoms with Crippen LogP contribution in [0.5, 0.6) is 0 Å². The van der Waals surface area contributed by atoms with Crippen molar-refractivity contribution >= 4 is 5.57 Å². The molecule has 0 N–H and O–H groups in total. The van der Waals surface area contributed by atoms with Gasteiger partial charge < -0.3 is 0 Å². The van der Waals surface area contributed by atoms with Gasteiger partial charge in [-0.3, -0.25) is 0 Å². The summed E-state index contributed by atoms with van der Waals surface area (Å²) < 4.78 is 60.2. The van der Waals surface area contributed by atoms with Gasteiger partial charge in [-0.1, -0.05) is 82.4 Å². The molecule has 37 heavy (non-hydrogen) atoms. The third kappa shape index (κ3) is 4.87. The van der Waals surface area contributed by atoms with Gasteiger partial charge in [-0.05, 0) is 77.5 Å². The molecule has 0 spiro atoms. The number of fused-ring (bicyclic) bond motifs is 3. The largest absolute Gasteiger partial charge is 0.203 e. The fourth-order valence-corrected chi connectivity index (χ4v) is 6.06. The zero-order chi connectivity index (χ0) is 26.1. The predicted octanol–water partition coefficient (Wildman–Crippen LogP) is 10.2. The Hall–Kier alpha value is -2.88. The molecule has 0 heterocycles. The minimum Gasteiger partial charge on any atom is -0.203 e. The molecule has 3 aromatic carbocycles. The number of hydrogen-bond acceptors (Lipinski definition) is 0. The van der Waals surface area contributed by atoms with E-state index in [-0.39, 0.29) is 28.7 Å². The third-order valence-electron chi connectivity index (χ3n) is 8.10. The Kier molecular flexibility index (Phi) is 7.55. The molecule has 0 saturated carbocycles. The molecule has 3 aromatic rings. The van der Waals surface area contributed by atoms with Crippen molar-refractivity contribution in [2.75, 3.05) is 0 Å². The molecule has 5 rings (SSSR count). The predicted molar refractivity (Wildman–Crippen MR) is 143 cm³/mol. The first-order chi connectivity index (χ1) is 17.9. The van der Waals surface area contributed by atoms with Crippen molar-refractivity contribution in [1.82, 2.24) is 0 Å². The number of rotatable bonds is 8. The number of aryl methyl sites for hydroxylation is 1. The monoisotopic (exact) mass is 506 g/mol. The molecule has 0 bridgehead atoms. The summed E-state index contributed by atoms with van der Waals surface area (Å²) in [7, 11) is 0. The Bertz CT molecular complexity index is 1330. The van der Waals surface area contributed by atoms with Gasteiger partial charge in [-0.15, -0.1) is 0 Å². The minimum atomic E-state index is -1.11. The maximum atomic E-state index is 15.3. The zero-order valence-electron chi connectivity index (χ0n) is 21.7. The topological polar surface area (TPSA) is 0 Å². The van der Waals surface area contributed by atoms with E-state index in [1.165, 1.54) is 37.7 Å². The molecule has 2 aliphatic rings. The second-order valence-electron chi connectivity index (χ2n) is 10.7. The normalized spacial score (nSPS) is 16.5. The number of hydrogen-bond donors (Lipinski definition) is 0. The van der Waals surface area contributed by atoms with Crippen LogP contribution in [0.1, 0.15) is 87.5 Å². The van der Waals surface area contributed by atoms with E-state index in [1.54, 1.807) is 12.1 Å². The number of benzene rings is 3. The average molecular weight is 507 g/mol. The second kappa shape index (κ2) is 10.8. The smallest absolute Gasteiger partial charge is 0.167 e. The molecule has 194 valence electrons. The van der Waals surface area contributed by atoms with Crippen LogP contribution in [-0.4, -0.2) is 0 Å². The van der Waals surface area contributed by atoms with Crippen LogP contribution in [0.4, 0.5) is 17.6 Å². The number of unbranched alkanes of at least 4 members (excludes halogenated alkanes) is 2. The van der Waals surface area contributed by atoms with Crippen molar-refractivity contribution in [2.24, 2.45) is 5.92 Å². The summed E-state index contributed by atoms with van der Waals surface area (Å²) in [4.78, 5) is 0. The standard InChI is InChI=1S/C33H34F4/c1-3-5-6-8-20-9-11-21(12-10-20)22-13-15-23(16-14-22)27-19-26-18-25-17-24(7-4-2)30(34)32(36)28(25)29(26)33(37)31(27)35/h11,13-17,19-20H,3-10,12,18H2,1-2H3. The summed E-state index contributed by atoms with van der Waals surface area (Å²) in [6.07, 6.45) is 12.1. The summed E-state index contributed by atoms with van der Waals surface area (Å²) in [6.45, 7) is 4.12. The fourth-order valence-electron chi connectivity index (χ4n) is 6.06. The molecule has 0 aromatic heterocycles. The van der Waals surface area contributed by atoms with Gasteiger partial charge in [0.2, 0.25) is 0 Å². The SMILES string of the molecule is CCCCCC1CC=C(c2ccc(-c3cc4c(c(F)c3F)-c3c(cc(CCC)c(F)c3F)C4)cc2)CC1. The van der Waals surface area contributed by atoms with Gasteiger partial charge in [-0.2, -0.15) is 0 Å². The van der Waals surface area contributed by atoms with E-state index in [0.717, 1.165) is 24.3 Å². The van der Waals surface area contributed by atoms with E-state index >= 15 is 8.78 Å². The molecule has 4 heteroatoms. The molecule has 0 nitrogen and oxygen atoms in total. The maximum Gasteiger partial charge on any atom is 0.167 e. The zero-order valence-corrected chi connectivity index (χ0v) is 21.7. The Labute approximate surface area is 217 Å². The molecule has 0 aliphatic heterocycles. The van der Waals surface area contributed by atoms with Crippen molar-refractivity contribution < 1.29 is 17.6 Å². The second-order valence-corrected chi connectivity index (χ2v) is 10.7. The molecule has 1 atom stereocenters. The molecule has 0 fully saturated rings. The van der Waals surface area contributed by atoms with Crippen LogP contribution in [0.25, 0.3) is 27.8 Å². The van der Waals surface area contributed by atoms with Crippen molar-refractivity contribution in [3.8, 4) is 22.3 Å². The molecular formula is C33H34F4. The van der Waals surface area contributed by atoms with Crippen molar-refractivity contribution in [3.05, 3.63) is 88.0 Å². The van der Waals surface area contributed by atoms with Crippen LogP contribution in [0, 0.1) is 29.2 Å². The van der Waals surface area contributed by atoms with Gasteiger partial charge in [0.05, 0.1) is 0 Å². The highest BCUT2D eigenvalue weighted by molar-refractivity contribution is 5.82. The first-order valence-corrected chi connectivity index (χ1v) is 13.7. The van der Waals surface area contributed by atoms with Crippen LogP contribution < -0.4 is 0 Å². The van der Waals surface area contributed by atoms with Crippen molar-refractivity contribution in [1.29, 1.82) is 0 Å². The van der Waals surface area contributed by atoms with Gasteiger partial charge in [0.25, 0.3) is 0 Å². The number of allylic oxidation sites excluding steroid dienone is 2. The summed E-state index contributed by atoms with van der Waals surface area (Å²) >= 11 is 0. The van der Waals surface area contributed by atoms with Gasteiger partial charge in [-0.25, -0.2) is 17.6 Å². The van der Waals surface area contributed by atoms with E-state index in [0.29, 0.717) is 29.5 Å². The molecule has 0 saturated heterocycles. The Morgan fingerprint density at radius 1 is 0.757 bits per heavy atom. The summed E-state index contributed by atoms with van der Waals surface area (Å²) in [5.74, 6) is -3.41. The highest BCUT2D eigenvalue weighted by atomic mass is 19.2. The summed E-state index contributed by atoms with van der Waals surface area (Å²) in [5, 5.41) is 0. The van der Waals surface area contributed by atoms with Crippen molar-refractivity contribution in [2.45, 2.75) is 78.1 Å². The minimum absolute atomic E-state index is 0.136. The van der Waals surface area contributed by atoms with Gasteiger partial charge >= 0.3 is 0 Å². The van der Waals surface area contributed by atoms with Gasteiger partial charge in [0, 0.05) is 16.7 Å². The first kappa shape index (κ1) is 25.8. The maximum absolute atomic E-state index is 15.3. The van der Waals surface area contributed by atoms with Gasteiger partial charge in [0.1, 0.15) is 0 Å².